The molecule has 2 aromatic carbocycles. The van der Waals surface area contributed by atoms with E-state index in [4.69, 9.17) is 0 Å². The number of likely N-dealkylation sites (tertiary alicyclic amines) is 1. The number of carbonyl (C=O) groups is 1. The molecule has 1 saturated heterocycles. The molecule has 1 aliphatic heterocycles. The van der Waals surface area contributed by atoms with Crippen LogP contribution in [0.5, 0.6) is 0 Å². The van der Waals surface area contributed by atoms with Crippen LogP contribution in [0.1, 0.15) is 23.5 Å². The molecule has 114 valence electrons. The van der Waals surface area contributed by atoms with Crippen LogP contribution in [-0.2, 0) is 6.54 Å². The summed E-state index contributed by atoms with van der Waals surface area (Å²) in [5.41, 5.74) is 2.19. The Kier molecular flexibility index (Phi) is 4.37. The first-order valence-corrected chi connectivity index (χ1v) is 7.54. The van der Waals surface area contributed by atoms with Gasteiger partial charge in [-0.3, -0.25) is 0 Å². The van der Waals surface area contributed by atoms with Crippen LogP contribution in [0.4, 0.5) is 9.18 Å². The largest absolute Gasteiger partial charge is 0.334 e. The topological polar surface area (TPSA) is 32.3 Å². The molecular formula is C18H19FN2O. The molecule has 22 heavy (non-hydrogen) atoms. The van der Waals surface area contributed by atoms with Crippen molar-refractivity contribution in [1.29, 1.82) is 0 Å². The lowest BCUT2D eigenvalue weighted by atomic mass is 9.99. The summed E-state index contributed by atoms with van der Waals surface area (Å²) in [6.45, 7) is 1.94. The molecule has 1 fully saturated rings. The third kappa shape index (κ3) is 3.45. The number of amides is 2. The predicted octanol–water partition coefficient (Wildman–Crippen LogP) is 3.52. The van der Waals surface area contributed by atoms with Crippen LogP contribution < -0.4 is 5.32 Å². The molecular weight excluding hydrogens is 279 g/mol. The molecule has 1 atom stereocenters. The number of rotatable bonds is 3. The number of halogens is 1. The number of urea groups is 1. The van der Waals surface area contributed by atoms with Gasteiger partial charge in [0.15, 0.2) is 0 Å². The van der Waals surface area contributed by atoms with E-state index in [1.807, 2.05) is 23.1 Å². The molecule has 1 aliphatic rings. The van der Waals surface area contributed by atoms with Crippen LogP contribution in [0.2, 0.25) is 0 Å². The van der Waals surface area contributed by atoms with Crippen LogP contribution in [0, 0.1) is 5.82 Å². The highest BCUT2D eigenvalue weighted by molar-refractivity contribution is 5.74. The number of hydrogen-bond acceptors (Lipinski definition) is 1. The summed E-state index contributed by atoms with van der Waals surface area (Å²) in [5.74, 6) is 0.151. The maximum Gasteiger partial charge on any atom is 0.317 e. The fourth-order valence-corrected chi connectivity index (χ4v) is 2.83. The smallest absolute Gasteiger partial charge is 0.317 e. The number of nitrogens with zero attached hydrogens (tertiary/aromatic N) is 1. The summed E-state index contributed by atoms with van der Waals surface area (Å²) in [6, 6.07) is 16.4. The summed E-state index contributed by atoms with van der Waals surface area (Å²) in [7, 11) is 0. The van der Waals surface area contributed by atoms with E-state index in [1.165, 1.54) is 17.7 Å². The molecule has 0 unspecified atom stereocenters. The summed E-state index contributed by atoms with van der Waals surface area (Å²) < 4.78 is 12.8. The summed E-state index contributed by atoms with van der Waals surface area (Å²) in [6.07, 6.45) is 0.994. The zero-order valence-electron chi connectivity index (χ0n) is 12.3. The van der Waals surface area contributed by atoms with Gasteiger partial charge in [0.05, 0.1) is 0 Å². The molecule has 0 aromatic heterocycles. The van der Waals surface area contributed by atoms with Crippen molar-refractivity contribution in [2.24, 2.45) is 0 Å². The van der Waals surface area contributed by atoms with Crippen molar-refractivity contribution in [3.05, 3.63) is 71.5 Å². The Bertz CT molecular complexity index is 627. The summed E-state index contributed by atoms with van der Waals surface area (Å²) in [5, 5.41) is 2.90. The van der Waals surface area contributed by atoms with E-state index >= 15 is 0 Å². The number of benzene rings is 2. The van der Waals surface area contributed by atoms with Crippen molar-refractivity contribution < 1.29 is 9.18 Å². The van der Waals surface area contributed by atoms with Gasteiger partial charge >= 0.3 is 6.03 Å². The van der Waals surface area contributed by atoms with E-state index in [0.717, 1.165) is 25.1 Å². The summed E-state index contributed by atoms with van der Waals surface area (Å²) >= 11 is 0. The highest BCUT2D eigenvalue weighted by Gasteiger charge is 2.26. The molecule has 0 bridgehead atoms. The third-order valence-corrected chi connectivity index (χ3v) is 4.10. The minimum atomic E-state index is -0.264. The van der Waals surface area contributed by atoms with E-state index in [0.29, 0.717) is 12.5 Å². The Morgan fingerprint density at radius 2 is 1.86 bits per heavy atom. The second-order valence-electron chi connectivity index (χ2n) is 5.63. The van der Waals surface area contributed by atoms with Crippen LogP contribution in [0.3, 0.4) is 0 Å². The molecule has 1 heterocycles. The number of nitrogens with one attached hydrogen (secondary N) is 1. The van der Waals surface area contributed by atoms with E-state index in [2.05, 4.69) is 17.4 Å². The lowest BCUT2D eigenvalue weighted by Crippen LogP contribution is -2.37. The van der Waals surface area contributed by atoms with Crippen LogP contribution in [0.25, 0.3) is 0 Å². The quantitative estimate of drug-likeness (QED) is 0.924. The third-order valence-electron chi connectivity index (χ3n) is 4.10. The van der Waals surface area contributed by atoms with E-state index in [1.54, 1.807) is 12.1 Å². The zero-order chi connectivity index (χ0) is 15.4. The van der Waals surface area contributed by atoms with Crippen molar-refractivity contribution in [2.75, 3.05) is 13.1 Å². The maximum atomic E-state index is 12.8. The number of hydrogen-bond donors (Lipinski definition) is 1. The highest BCUT2D eigenvalue weighted by Crippen LogP contribution is 2.26. The average molecular weight is 298 g/mol. The standard InChI is InChI=1S/C18H19FN2O/c19-17-8-6-14(7-9-17)12-20-18(22)21-11-10-16(13-21)15-4-2-1-3-5-15/h1-9,16H,10-13H2,(H,20,22)/t16-/m0/s1. The van der Waals surface area contributed by atoms with Gasteiger partial charge in [0.1, 0.15) is 5.82 Å². The fraction of sp³-hybridized carbons (Fsp3) is 0.278. The molecule has 2 aromatic rings. The van der Waals surface area contributed by atoms with Gasteiger partial charge in [0.25, 0.3) is 0 Å². The Balaban J connectivity index is 1.52. The molecule has 4 heteroatoms. The van der Waals surface area contributed by atoms with Gasteiger partial charge in [-0.05, 0) is 29.7 Å². The van der Waals surface area contributed by atoms with Crippen molar-refractivity contribution in [1.82, 2.24) is 10.2 Å². The average Bonchev–Trinajstić information content (AvgIpc) is 3.05. The maximum absolute atomic E-state index is 12.8. The highest BCUT2D eigenvalue weighted by atomic mass is 19.1. The molecule has 0 saturated carbocycles. The van der Waals surface area contributed by atoms with E-state index in [-0.39, 0.29) is 11.8 Å². The molecule has 3 rings (SSSR count). The zero-order valence-corrected chi connectivity index (χ0v) is 12.3. The normalized spacial score (nSPS) is 17.5. The Morgan fingerprint density at radius 1 is 1.14 bits per heavy atom. The molecule has 1 N–H and O–H groups in total. The molecule has 0 radical (unpaired) electrons. The van der Waals surface area contributed by atoms with Crippen molar-refractivity contribution in [3.8, 4) is 0 Å². The van der Waals surface area contributed by atoms with Gasteiger partial charge in [-0.2, -0.15) is 0 Å². The Hall–Kier alpha value is -2.36. The van der Waals surface area contributed by atoms with Gasteiger partial charge in [0, 0.05) is 25.6 Å². The first-order valence-electron chi connectivity index (χ1n) is 7.54. The van der Waals surface area contributed by atoms with E-state index in [9.17, 15) is 9.18 Å². The van der Waals surface area contributed by atoms with Gasteiger partial charge < -0.3 is 10.2 Å². The fourth-order valence-electron chi connectivity index (χ4n) is 2.83. The minimum Gasteiger partial charge on any atom is -0.334 e. The second kappa shape index (κ2) is 6.60. The summed E-state index contributed by atoms with van der Waals surface area (Å²) in [4.78, 5) is 14.1. The monoisotopic (exact) mass is 298 g/mol. The van der Waals surface area contributed by atoms with Crippen LogP contribution in [0.15, 0.2) is 54.6 Å². The Morgan fingerprint density at radius 3 is 2.59 bits per heavy atom. The Labute approximate surface area is 129 Å². The molecule has 0 aliphatic carbocycles. The lowest BCUT2D eigenvalue weighted by Gasteiger charge is -2.17. The van der Waals surface area contributed by atoms with Crippen molar-refractivity contribution in [2.45, 2.75) is 18.9 Å². The van der Waals surface area contributed by atoms with Gasteiger partial charge in [-0.15, -0.1) is 0 Å². The predicted molar refractivity (Wildman–Crippen MR) is 84.0 cm³/mol. The van der Waals surface area contributed by atoms with Gasteiger partial charge in [0.2, 0.25) is 0 Å². The lowest BCUT2D eigenvalue weighted by molar-refractivity contribution is 0.208. The molecule has 3 nitrogen and oxygen atoms in total. The second-order valence-corrected chi connectivity index (χ2v) is 5.63. The first kappa shape index (κ1) is 14.6. The molecule has 0 spiro atoms. The van der Waals surface area contributed by atoms with E-state index < -0.39 is 0 Å². The first-order chi connectivity index (χ1) is 10.7. The van der Waals surface area contributed by atoms with Crippen molar-refractivity contribution >= 4 is 6.03 Å². The van der Waals surface area contributed by atoms with Gasteiger partial charge in [-0.25, -0.2) is 9.18 Å². The van der Waals surface area contributed by atoms with Crippen molar-refractivity contribution in [3.63, 3.8) is 0 Å². The minimum absolute atomic E-state index is 0.0530. The molecule has 2 amide bonds. The number of carbonyl (C=O) groups excluding carboxylic acids is 1. The van der Waals surface area contributed by atoms with Crippen LogP contribution >= 0.6 is 0 Å². The SMILES string of the molecule is O=C(NCc1ccc(F)cc1)N1CC[C@H](c2ccccc2)C1. The van der Waals surface area contributed by atoms with Crippen LogP contribution in [-0.4, -0.2) is 24.0 Å². The van der Waals surface area contributed by atoms with Gasteiger partial charge in [-0.1, -0.05) is 42.5 Å².